The van der Waals surface area contributed by atoms with Gasteiger partial charge in [-0.25, -0.2) is 0 Å². The van der Waals surface area contributed by atoms with Crippen LogP contribution >= 0.6 is 45.5 Å². The van der Waals surface area contributed by atoms with Gasteiger partial charge in [0.1, 0.15) is 6.10 Å². The normalized spacial score (nSPS) is 18.8. The van der Waals surface area contributed by atoms with E-state index in [1.807, 2.05) is 40.6 Å². The lowest BCUT2D eigenvalue weighted by atomic mass is 10.1. The zero-order chi connectivity index (χ0) is 14.8. The lowest BCUT2D eigenvalue weighted by Crippen LogP contribution is -2.42. The first-order chi connectivity index (χ1) is 10.1. The number of hydrogen-bond donors (Lipinski definition) is 0. The Morgan fingerprint density at radius 1 is 1.38 bits per heavy atom. The van der Waals surface area contributed by atoms with E-state index in [0.29, 0.717) is 24.7 Å². The molecule has 0 aliphatic carbocycles. The number of benzene rings is 1. The average molecular weight is 434 g/mol. The van der Waals surface area contributed by atoms with Crippen molar-refractivity contribution in [3.05, 3.63) is 54.7 Å². The summed E-state index contributed by atoms with van der Waals surface area (Å²) in [6.45, 7) is 1.77. The van der Waals surface area contributed by atoms with E-state index in [9.17, 15) is 4.79 Å². The second-order valence-electron chi connectivity index (χ2n) is 4.80. The van der Waals surface area contributed by atoms with Crippen LogP contribution in [0.3, 0.4) is 0 Å². The van der Waals surface area contributed by atoms with Crippen molar-refractivity contribution in [1.82, 2.24) is 4.90 Å². The van der Waals surface area contributed by atoms with Crippen LogP contribution in [0.5, 0.6) is 0 Å². The molecule has 3 nitrogen and oxygen atoms in total. The average Bonchev–Trinajstić information content (AvgIpc) is 2.94. The first kappa shape index (κ1) is 15.3. The molecule has 1 amide bonds. The van der Waals surface area contributed by atoms with E-state index in [1.54, 1.807) is 11.3 Å². The number of nitrogens with zero attached hydrogens (tertiary/aromatic N) is 1. The van der Waals surface area contributed by atoms with E-state index < -0.39 is 0 Å². The molecular weight excluding hydrogens is 421 g/mol. The summed E-state index contributed by atoms with van der Waals surface area (Å²) >= 11 is 9.73. The predicted molar refractivity (Wildman–Crippen MR) is 93.1 cm³/mol. The molecule has 2 aromatic rings. The van der Waals surface area contributed by atoms with Gasteiger partial charge >= 0.3 is 0 Å². The van der Waals surface area contributed by atoms with Crippen molar-refractivity contribution in [3.8, 4) is 0 Å². The van der Waals surface area contributed by atoms with Crippen molar-refractivity contribution in [3.63, 3.8) is 0 Å². The number of amides is 1. The van der Waals surface area contributed by atoms with Gasteiger partial charge < -0.3 is 9.64 Å². The Bertz CT molecular complexity index is 643. The Labute approximate surface area is 146 Å². The van der Waals surface area contributed by atoms with Crippen LogP contribution < -0.4 is 0 Å². The Morgan fingerprint density at radius 3 is 2.81 bits per heavy atom. The molecule has 2 heterocycles. The first-order valence-electron chi connectivity index (χ1n) is 6.54. The predicted octanol–water partition coefficient (Wildman–Crippen LogP) is 4.22. The molecule has 21 heavy (non-hydrogen) atoms. The molecule has 1 unspecified atom stereocenters. The van der Waals surface area contributed by atoms with Crippen LogP contribution in [0.1, 0.15) is 22.0 Å². The molecule has 0 saturated carbocycles. The Morgan fingerprint density at radius 2 is 2.14 bits per heavy atom. The summed E-state index contributed by atoms with van der Waals surface area (Å²) in [6, 6.07) is 9.54. The SMILES string of the molecule is O=C(c1csc(I)c1)N1CCOC(c2ccc(Cl)cc2)C1. The quantitative estimate of drug-likeness (QED) is 0.664. The summed E-state index contributed by atoms with van der Waals surface area (Å²) in [7, 11) is 0. The van der Waals surface area contributed by atoms with E-state index in [0.717, 1.165) is 14.0 Å². The topological polar surface area (TPSA) is 29.5 Å². The monoisotopic (exact) mass is 433 g/mol. The van der Waals surface area contributed by atoms with Gasteiger partial charge in [0.05, 0.1) is 21.6 Å². The summed E-state index contributed by atoms with van der Waals surface area (Å²) in [5.74, 6) is 0.0800. The molecule has 1 atom stereocenters. The fourth-order valence-electron chi connectivity index (χ4n) is 2.32. The number of carbonyl (C=O) groups excluding carboxylic acids is 1. The van der Waals surface area contributed by atoms with Crippen LogP contribution in [0.2, 0.25) is 5.02 Å². The molecule has 3 rings (SSSR count). The Kier molecular flexibility index (Phi) is 4.83. The van der Waals surface area contributed by atoms with E-state index in [1.165, 1.54) is 0 Å². The van der Waals surface area contributed by atoms with Gasteiger partial charge in [-0.2, -0.15) is 0 Å². The number of morpholine rings is 1. The molecule has 1 saturated heterocycles. The number of carbonyl (C=O) groups is 1. The highest BCUT2D eigenvalue weighted by Crippen LogP contribution is 2.25. The van der Waals surface area contributed by atoms with Crippen LogP contribution in [0.4, 0.5) is 0 Å². The fraction of sp³-hybridized carbons (Fsp3) is 0.267. The second kappa shape index (κ2) is 6.64. The molecule has 0 radical (unpaired) electrons. The van der Waals surface area contributed by atoms with Crippen molar-refractivity contribution >= 4 is 51.4 Å². The first-order valence-corrected chi connectivity index (χ1v) is 8.87. The molecule has 1 aromatic carbocycles. The molecule has 6 heteroatoms. The van der Waals surface area contributed by atoms with Crippen molar-refractivity contribution in [1.29, 1.82) is 0 Å². The lowest BCUT2D eigenvalue weighted by molar-refractivity contribution is -0.0228. The number of halogens is 2. The fourth-order valence-corrected chi connectivity index (χ4v) is 3.76. The summed E-state index contributed by atoms with van der Waals surface area (Å²) < 4.78 is 6.91. The summed E-state index contributed by atoms with van der Waals surface area (Å²) in [5.41, 5.74) is 1.82. The molecule has 110 valence electrons. The molecular formula is C15H13ClINO2S. The Balaban J connectivity index is 1.73. The zero-order valence-electron chi connectivity index (χ0n) is 11.1. The molecule has 1 aliphatic heterocycles. The highest BCUT2D eigenvalue weighted by Gasteiger charge is 2.26. The van der Waals surface area contributed by atoms with Gasteiger partial charge in [0, 0.05) is 16.9 Å². The smallest absolute Gasteiger partial charge is 0.254 e. The minimum absolute atomic E-state index is 0.0800. The van der Waals surface area contributed by atoms with Crippen LogP contribution in [0.25, 0.3) is 0 Å². The van der Waals surface area contributed by atoms with E-state index in [4.69, 9.17) is 16.3 Å². The maximum Gasteiger partial charge on any atom is 0.254 e. The maximum atomic E-state index is 12.5. The molecule has 0 N–H and O–H groups in total. The van der Waals surface area contributed by atoms with E-state index >= 15 is 0 Å². The minimum atomic E-state index is -0.0855. The van der Waals surface area contributed by atoms with Crippen LogP contribution in [0, 0.1) is 2.88 Å². The number of rotatable bonds is 2. The van der Waals surface area contributed by atoms with Gasteiger partial charge in [0.2, 0.25) is 0 Å². The second-order valence-corrected chi connectivity index (χ2v) is 8.04. The summed E-state index contributed by atoms with van der Waals surface area (Å²) in [4.78, 5) is 14.4. The van der Waals surface area contributed by atoms with E-state index in [2.05, 4.69) is 22.6 Å². The highest BCUT2D eigenvalue weighted by atomic mass is 127. The molecule has 1 fully saturated rings. The number of hydrogen-bond acceptors (Lipinski definition) is 3. The van der Waals surface area contributed by atoms with Gasteiger partial charge in [0.15, 0.2) is 0 Å². The molecule has 0 bridgehead atoms. The van der Waals surface area contributed by atoms with Gasteiger partial charge in [-0.1, -0.05) is 23.7 Å². The Hall–Kier alpha value is -0.630. The molecule has 1 aliphatic rings. The third kappa shape index (κ3) is 3.59. The largest absolute Gasteiger partial charge is 0.370 e. The third-order valence-corrected chi connectivity index (χ3v) is 5.45. The summed E-state index contributed by atoms with van der Waals surface area (Å²) in [5, 5.41) is 2.62. The van der Waals surface area contributed by atoms with Gasteiger partial charge in [-0.15, -0.1) is 11.3 Å². The van der Waals surface area contributed by atoms with Crippen molar-refractivity contribution < 1.29 is 9.53 Å². The van der Waals surface area contributed by atoms with Crippen LogP contribution in [-0.2, 0) is 4.74 Å². The van der Waals surface area contributed by atoms with E-state index in [-0.39, 0.29) is 12.0 Å². The minimum Gasteiger partial charge on any atom is -0.370 e. The van der Waals surface area contributed by atoms with Crippen molar-refractivity contribution in [2.24, 2.45) is 0 Å². The maximum absolute atomic E-state index is 12.5. The van der Waals surface area contributed by atoms with Gasteiger partial charge in [0.25, 0.3) is 5.91 Å². The molecule has 1 aromatic heterocycles. The zero-order valence-corrected chi connectivity index (χ0v) is 14.8. The van der Waals surface area contributed by atoms with Crippen LogP contribution in [0.15, 0.2) is 35.7 Å². The van der Waals surface area contributed by atoms with Crippen molar-refractivity contribution in [2.45, 2.75) is 6.10 Å². The standard InChI is InChI=1S/C15H13ClINO2S/c16-12-3-1-10(2-4-12)13-8-18(5-6-20-13)15(19)11-7-14(17)21-9-11/h1-4,7,9,13H,5-6,8H2. The third-order valence-electron chi connectivity index (χ3n) is 3.41. The number of thiophene rings is 1. The van der Waals surface area contributed by atoms with Gasteiger partial charge in [-0.05, 0) is 46.4 Å². The lowest BCUT2D eigenvalue weighted by Gasteiger charge is -2.33. The van der Waals surface area contributed by atoms with Crippen LogP contribution in [-0.4, -0.2) is 30.5 Å². The number of ether oxygens (including phenoxy) is 1. The molecule has 0 spiro atoms. The van der Waals surface area contributed by atoms with Crippen molar-refractivity contribution in [2.75, 3.05) is 19.7 Å². The van der Waals surface area contributed by atoms with Gasteiger partial charge in [-0.3, -0.25) is 4.79 Å². The highest BCUT2D eigenvalue weighted by molar-refractivity contribution is 14.1. The summed E-state index contributed by atoms with van der Waals surface area (Å²) in [6.07, 6.45) is -0.0855.